The van der Waals surface area contributed by atoms with Gasteiger partial charge in [-0.1, -0.05) is 17.7 Å². The van der Waals surface area contributed by atoms with Gasteiger partial charge in [-0.05, 0) is 36.8 Å². The molecule has 0 fully saturated rings. The fraction of sp³-hybridized carbons (Fsp3) is 0.105. The van der Waals surface area contributed by atoms with Gasteiger partial charge in [-0.2, -0.15) is 0 Å². The molecule has 3 rings (SSSR count). The first kappa shape index (κ1) is 19.5. The zero-order valence-electron chi connectivity index (χ0n) is 14.6. The summed E-state index contributed by atoms with van der Waals surface area (Å²) in [6.45, 7) is 1.45. The van der Waals surface area contributed by atoms with Crippen molar-refractivity contribution in [2.24, 2.45) is 5.73 Å². The van der Waals surface area contributed by atoms with Crippen LogP contribution in [-0.4, -0.2) is 15.5 Å². The molecule has 1 aromatic heterocycles. The van der Waals surface area contributed by atoms with Gasteiger partial charge in [0.1, 0.15) is 24.6 Å². The quantitative estimate of drug-likeness (QED) is 0.706. The topological polar surface area (TPSA) is 87.2 Å². The zero-order chi connectivity index (χ0) is 20.4. The Kier molecular flexibility index (Phi) is 5.41. The van der Waals surface area contributed by atoms with Gasteiger partial charge in [0.2, 0.25) is 11.8 Å². The summed E-state index contributed by atoms with van der Waals surface area (Å²) in [6, 6.07) is 7.65. The summed E-state index contributed by atoms with van der Waals surface area (Å²) in [5, 5.41) is -0.325. The van der Waals surface area contributed by atoms with Crippen LogP contribution in [0.15, 0.2) is 47.5 Å². The second-order valence-electron chi connectivity index (χ2n) is 5.93. The first-order valence-electron chi connectivity index (χ1n) is 8.02. The number of hydrogen-bond donors (Lipinski definition) is 1. The van der Waals surface area contributed by atoms with Crippen molar-refractivity contribution in [3.05, 3.63) is 86.4 Å². The lowest BCUT2D eigenvalue weighted by molar-refractivity contribution is 0.1000. The molecule has 9 heteroatoms. The number of hydrogen-bond acceptors (Lipinski definition) is 4. The van der Waals surface area contributed by atoms with E-state index in [0.717, 1.165) is 16.7 Å². The number of nitrogens with two attached hydrogens (primary N) is 1. The molecular formula is C19H14ClF2N3O3. The minimum absolute atomic E-state index is 0.0773. The third-order valence-electron chi connectivity index (χ3n) is 4.02. The largest absolute Gasteiger partial charge is 0.471 e. The highest BCUT2D eigenvalue weighted by Gasteiger charge is 2.15. The highest BCUT2D eigenvalue weighted by Crippen LogP contribution is 2.21. The molecule has 1 heterocycles. The molecule has 2 aromatic carbocycles. The number of benzene rings is 2. The van der Waals surface area contributed by atoms with E-state index in [1.165, 1.54) is 24.5 Å². The highest BCUT2D eigenvalue weighted by molar-refractivity contribution is 6.31. The molecular weight excluding hydrogens is 392 g/mol. The molecule has 144 valence electrons. The number of aromatic nitrogens is 2. The maximum Gasteiger partial charge on any atom is 0.280 e. The van der Waals surface area contributed by atoms with Gasteiger partial charge in [-0.25, -0.2) is 13.8 Å². The van der Waals surface area contributed by atoms with Crippen LogP contribution in [0.4, 0.5) is 8.78 Å². The van der Waals surface area contributed by atoms with Gasteiger partial charge in [0, 0.05) is 17.2 Å². The number of primary amides is 1. The smallest absolute Gasteiger partial charge is 0.280 e. The Labute approximate surface area is 163 Å². The number of halogens is 3. The van der Waals surface area contributed by atoms with E-state index < -0.39 is 23.1 Å². The molecule has 6 nitrogen and oxygen atoms in total. The summed E-state index contributed by atoms with van der Waals surface area (Å²) in [4.78, 5) is 28.0. The van der Waals surface area contributed by atoms with E-state index in [1.54, 1.807) is 13.0 Å². The molecule has 3 aromatic rings. The van der Waals surface area contributed by atoms with E-state index in [-0.39, 0.29) is 28.6 Å². The number of amides is 1. The van der Waals surface area contributed by atoms with E-state index in [1.807, 2.05) is 0 Å². The molecule has 0 saturated heterocycles. The number of rotatable bonds is 5. The Bertz CT molecular complexity index is 1130. The van der Waals surface area contributed by atoms with Gasteiger partial charge >= 0.3 is 0 Å². The summed E-state index contributed by atoms with van der Waals surface area (Å²) >= 11 is 6.07. The van der Waals surface area contributed by atoms with Crippen molar-refractivity contribution in [1.82, 2.24) is 9.55 Å². The molecule has 0 aliphatic carbocycles. The van der Waals surface area contributed by atoms with E-state index in [9.17, 15) is 18.4 Å². The Morgan fingerprint density at radius 1 is 1.25 bits per heavy atom. The number of aryl methyl sites for hydroxylation is 1. The van der Waals surface area contributed by atoms with Crippen LogP contribution in [0.5, 0.6) is 5.88 Å². The molecule has 0 bridgehead atoms. The normalized spacial score (nSPS) is 10.7. The minimum Gasteiger partial charge on any atom is -0.471 e. The molecule has 1 amide bonds. The van der Waals surface area contributed by atoms with Gasteiger partial charge in [0.25, 0.3) is 5.56 Å². The fourth-order valence-electron chi connectivity index (χ4n) is 2.50. The van der Waals surface area contributed by atoms with Crippen LogP contribution in [0.25, 0.3) is 5.69 Å². The van der Waals surface area contributed by atoms with Crippen molar-refractivity contribution in [3.63, 3.8) is 0 Å². The third-order valence-corrected chi connectivity index (χ3v) is 4.34. The van der Waals surface area contributed by atoms with Gasteiger partial charge in [-0.3, -0.25) is 14.2 Å². The van der Waals surface area contributed by atoms with Crippen LogP contribution >= 0.6 is 11.6 Å². The zero-order valence-corrected chi connectivity index (χ0v) is 15.3. The average Bonchev–Trinajstić information content (AvgIpc) is 2.65. The van der Waals surface area contributed by atoms with Crippen molar-refractivity contribution >= 4 is 17.5 Å². The van der Waals surface area contributed by atoms with Crippen molar-refractivity contribution in [2.45, 2.75) is 13.5 Å². The first-order valence-corrected chi connectivity index (χ1v) is 8.40. The standard InChI is InChI=1S/C19H14ClF2N3O3/c1-10-2-3-11(17(23)26)6-15(10)25-9-24-18(16(20)19(25)27)28-8-12-4-5-13(21)7-14(12)22/h2-7,9H,8H2,1H3,(H2,23,26). The van der Waals surface area contributed by atoms with Crippen molar-refractivity contribution < 1.29 is 18.3 Å². The predicted molar refractivity (Wildman–Crippen MR) is 98.8 cm³/mol. The van der Waals surface area contributed by atoms with Crippen LogP contribution in [-0.2, 0) is 6.61 Å². The van der Waals surface area contributed by atoms with Crippen LogP contribution < -0.4 is 16.0 Å². The molecule has 28 heavy (non-hydrogen) atoms. The summed E-state index contributed by atoms with van der Waals surface area (Å²) in [7, 11) is 0. The maximum absolute atomic E-state index is 13.7. The highest BCUT2D eigenvalue weighted by atomic mass is 35.5. The third kappa shape index (κ3) is 3.86. The Balaban J connectivity index is 1.93. The van der Waals surface area contributed by atoms with E-state index >= 15 is 0 Å². The number of carbonyl (C=O) groups is 1. The monoisotopic (exact) mass is 405 g/mol. The van der Waals surface area contributed by atoms with Gasteiger partial charge < -0.3 is 10.5 Å². The fourth-order valence-corrected chi connectivity index (χ4v) is 2.69. The molecule has 0 saturated carbocycles. The van der Waals surface area contributed by atoms with E-state index in [4.69, 9.17) is 22.1 Å². The molecule has 0 aliphatic heterocycles. The van der Waals surface area contributed by atoms with Crippen LogP contribution in [0.2, 0.25) is 5.02 Å². The van der Waals surface area contributed by atoms with Crippen molar-refractivity contribution in [3.8, 4) is 11.6 Å². The lowest BCUT2D eigenvalue weighted by Gasteiger charge is -2.12. The van der Waals surface area contributed by atoms with E-state index in [0.29, 0.717) is 11.3 Å². The van der Waals surface area contributed by atoms with E-state index in [2.05, 4.69) is 4.98 Å². The first-order chi connectivity index (χ1) is 13.3. The van der Waals surface area contributed by atoms with Gasteiger partial charge in [-0.15, -0.1) is 0 Å². The summed E-state index contributed by atoms with van der Waals surface area (Å²) in [5.41, 5.74) is 6.00. The van der Waals surface area contributed by atoms with Crippen LogP contribution in [0, 0.1) is 18.6 Å². The molecule has 0 unspecified atom stereocenters. The lowest BCUT2D eigenvalue weighted by atomic mass is 10.1. The maximum atomic E-state index is 13.7. The molecule has 0 spiro atoms. The number of ether oxygens (including phenoxy) is 1. The van der Waals surface area contributed by atoms with Gasteiger partial charge in [0.05, 0.1) is 5.69 Å². The Hall–Kier alpha value is -3.26. The average molecular weight is 406 g/mol. The van der Waals surface area contributed by atoms with Gasteiger partial charge in [0.15, 0.2) is 5.02 Å². The Morgan fingerprint density at radius 2 is 2.00 bits per heavy atom. The second kappa shape index (κ2) is 7.77. The van der Waals surface area contributed by atoms with Crippen molar-refractivity contribution in [2.75, 3.05) is 0 Å². The minimum atomic E-state index is -0.789. The predicted octanol–water partition coefficient (Wildman–Crippen LogP) is 3.15. The molecule has 0 radical (unpaired) electrons. The SMILES string of the molecule is Cc1ccc(C(N)=O)cc1-n1cnc(OCc2ccc(F)cc2F)c(Cl)c1=O. The summed E-state index contributed by atoms with van der Waals surface area (Å²) in [5.74, 6) is -2.35. The number of carbonyl (C=O) groups excluding carboxylic acids is 1. The van der Waals surface area contributed by atoms with Crippen LogP contribution in [0.3, 0.4) is 0 Å². The number of nitrogens with zero attached hydrogens (tertiary/aromatic N) is 2. The van der Waals surface area contributed by atoms with Crippen LogP contribution in [0.1, 0.15) is 21.5 Å². The summed E-state index contributed by atoms with van der Waals surface area (Å²) < 4.78 is 33.1. The van der Waals surface area contributed by atoms with Crippen molar-refractivity contribution in [1.29, 1.82) is 0 Å². The molecule has 0 atom stereocenters. The lowest BCUT2D eigenvalue weighted by Crippen LogP contribution is -2.22. The second-order valence-corrected chi connectivity index (χ2v) is 6.31. The molecule has 2 N–H and O–H groups in total. The molecule has 0 aliphatic rings. The Morgan fingerprint density at radius 3 is 2.68 bits per heavy atom. The summed E-state index contributed by atoms with van der Waals surface area (Å²) in [6.07, 6.45) is 1.18.